The molecule has 0 aromatic carbocycles. The largest absolute Gasteiger partial charge is 0.481 e. The van der Waals surface area contributed by atoms with Gasteiger partial charge in [-0.25, -0.2) is 4.79 Å². The normalized spacial score (nSPS) is 15.2. The van der Waals surface area contributed by atoms with Gasteiger partial charge in [0.05, 0.1) is 13.0 Å². The second-order valence-electron chi connectivity index (χ2n) is 4.85. The van der Waals surface area contributed by atoms with Crippen LogP contribution < -0.4 is 10.6 Å². The SMILES string of the molecule is CCOC(=O)CCCNC(=O)NC(CC(=O)O)C1CC1. The van der Waals surface area contributed by atoms with E-state index in [1.807, 2.05) is 0 Å². The topological polar surface area (TPSA) is 105 Å². The zero-order valence-corrected chi connectivity index (χ0v) is 11.7. The lowest BCUT2D eigenvalue weighted by Gasteiger charge is -2.16. The minimum Gasteiger partial charge on any atom is -0.481 e. The number of urea groups is 1. The Morgan fingerprint density at radius 3 is 2.60 bits per heavy atom. The Kier molecular flexibility index (Phi) is 6.83. The Bertz CT molecular complexity index is 355. The fourth-order valence-corrected chi connectivity index (χ4v) is 1.91. The fourth-order valence-electron chi connectivity index (χ4n) is 1.91. The molecule has 1 unspecified atom stereocenters. The van der Waals surface area contributed by atoms with Crippen LogP contribution in [0.25, 0.3) is 0 Å². The van der Waals surface area contributed by atoms with Crippen LogP contribution in [0.3, 0.4) is 0 Å². The third kappa shape index (κ3) is 6.96. The zero-order valence-electron chi connectivity index (χ0n) is 11.7. The summed E-state index contributed by atoms with van der Waals surface area (Å²) in [5.74, 6) is -0.919. The summed E-state index contributed by atoms with van der Waals surface area (Å²) in [6, 6.07) is -0.690. The maximum Gasteiger partial charge on any atom is 0.315 e. The van der Waals surface area contributed by atoms with Gasteiger partial charge in [0.1, 0.15) is 0 Å². The molecule has 1 atom stereocenters. The highest BCUT2D eigenvalue weighted by molar-refractivity contribution is 5.76. The first kappa shape index (κ1) is 16.3. The average molecular weight is 286 g/mol. The summed E-state index contributed by atoms with van der Waals surface area (Å²) in [6.45, 7) is 2.45. The van der Waals surface area contributed by atoms with E-state index in [-0.39, 0.29) is 36.8 Å². The minimum absolute atomic E-state index is 0.0547. The smallest absolute Gasteiger partial charge is 0.315 e. The van der Waals surface area contributed by atoms with Crippen molar-refractivity contribution in [1.29, 1.82) is 0 Å². The van der Waals surface area contributed by atoms with Gasteiger partial charge in [-0.15, -0.1) is 0 Å². The van der Waals surface area contributed by atoms with Crippen molar-refractivity contribution in [2.24, 2.45) is 5.92 Å². The lowest BCUT2D eigenvalue weighted by atomic mass is 10.1. The van der Waals surface area contributed by atoms with Gasteiger partial charge in [-0.3, -0.25) is 9.59 Å². The highest BCUT2D eigenvalue weighted by Crippen LogP contribution is 2.33. The van der Waals surface area contributed by atoms with E-state index in [4.69, 9.17) is 9.84 Å². The molecule has 0 aliphatic heterocycles. The first-order chi connectivity index (χ1) is 9.52. The van der Waals surface area contributed by atoms with E-state index >= 15 is 0 Å². The molecule has 0 saturated heterocycles. The summed E-state index contributed by atoms with van der Waals surface area (Å²) in [5, 5.41) is 14.1. The molecular formula is C13H22N2O5. The molecule has 114 valence electrons. The first-order valence-electron chi connectivity index (χ1n) is 6.94. The molecule has 0 radical (unpaired) electrons. The second-order valence-corrected chi connectivity index (χ2v) is 4.85. The van der Waals surface area contributed by atoms with Crippen LogP contribution in [-0.2, 0) is 14.3 Å². The molecule has 20 heavy (non-hydrogen) atoms. The van der Waals surface area contributed by atoms with Crippen molar-refractivity contribution in [3.05, 3.63) is 0 Å². The van der Waals surface area contributed by atoms with E-state index in [0.29, 0.717) is 19.6 Å². The number of hydrogen-bond donors (Lipinski definition) is 3. The number of esters is 1. The van der Waals surface area contributed by atoms with Crippen LogP contribution in [0.1, 0.15) is 39.0 Å². The third-order valence-corrected chi connectivity index (χ3v) is 3.05. The molecule has 0 aromatic heterocycles. The number of amides is 2. The summed E-state index contributed by atoms with van der Waals surface area (Å²) < 4.78 is 4.76. The summed E-state index contributed by atoms with van der Waals surface area (Å²) >= 11 is 0. The van der Waals surface area contributed by atoms with Crippen molar-refractivity contribution in [3.63, 3.8) is 0 Å². The van der Waals surface area contributed by atoms with Crippen LogP contribution in [0.2, 0.25) is 0 Å². The van der Waals surface area contributed by atoms with Crippen molar-refractivity contribution in [1.82, 2.24) is 10.6 Å². The molecule has 1 fully saturated rings. The molecule has 3 N–H and O–H groups in total. The number of ether oxygens (including phenoxy) is 1. The number of rotatable bonds is 9. The standard InChI is InChI=1S/C13H22N2O5/c1-2-20-12(18)4-3-7-14-13(19)15-10(8-11(16)17)9-5-6-9/h9-10H,2-8H2,1H3,(H,16,17)(H2,14,15,19). The average Bonchev–Trinajstić information content (AvgIpc) is 3.18. The number of aliphatic carboxylic acids is 1. The van der Waals surface area contributed by atoms with Crippen LogP contribution in [0.4, 0.5) is 4.79 Å². The fraction of sp³-hybridized carbons (Fsp3) is 0.769. The maximum absolute atomic E-state index is 11.6. The molecular weight excluding hydrogens is 264 g/mol. The molecule has 1 aliphatic rings. The van der Waals surface area contributed by atoms with Crippen molar-refractivity contribution in [2.45, 2.75) is 45.1 Å². The van der Waals surface area contributed by atoms with E-state index in [1.165, 1.54) is 0 Å². The van der Waals surface area contributed by atoms with Gasteiger partial charge in [-0.2, -0.15) is 0 Å². The van der Waals surface area contributed by atoms with Crippen molar-refractivity contribution >= 4 is 18.0 Å². The summed E-state index contributed by atoms with van der Waals surface area (Å²) in [5.41, 5.74) is 0. The van der Waals surface area contributed by atoms with Gasteiger partial charge in [0.15, 0.2) is 0 Å². The van der Waals surface area contributed by atoms with Gasteiger partial charge in [-0.1, -0.05) is 0 Å². The monoisotopic (exact) mass is 286 g/mol. The van der Waals surface area contributed by atoms with Crippen LogP contribution in [0.5, 0.6) is 0 Å². The lowest BCUT2D eigenvalue weighted by Crippen LogP contribution is -2.44. The van der Waals surface area contributed by atoms with Crippen LogP contribution >= 0.6 is 0 Å². The quantitative estimate of drug-likeness (QED) is 0.431. The molecule has 1 rings (SSSR count). The van der Waals surface area contributed by atoms with Gasteiger partial charge in [0, 0.05) is 19.0 Å². The van der Waals surface area contributed by atoms with Crippen molar-refractivity contribution < 1.29 is 24.2 Å². The van der Waals surface area contributed by atoms with Crippen molar-refractivity contribution in [3.8, 4) is 0 Å². The van der Waals surface area contributed by atoms with E-state index in [2.05, 4.69) is 10.6 Å². The molecule has 0 bridgehead atoms. The van der Waals surface area contributed by atoms with Crippen LogP contribution in [-0.4, -0.2) is 42.3 Å². The molecule has 7 heteroatoms. The van der Waals surface area contributed by atoms with E-state index < -0.39 is 5.97 Å². The Balaban J connectivity index is 2.15. The van der Waals surface area contributed by atoms with Gasteiger partial charge >= 0.3 is 18.0 Å². The van der Waals surface area contributed by atoms with E-state index in [9.17, 15) is 14.4 Å². The predicted molar refractivity (Wildman–Crippen MR) is 71.2 cm³/mol. The van der Waals surface area contributed by atoms with E-state index in [0.717, 1.165) is 12.8 Å². The molecule has 0 spiro atoms. The molecule has 0 heterocycles. The summed E-state index contributed by atoms with van der Waals surface area (Å²) in [6.07, 6.45) is 2.62. The van der Waals surface area contributed by atoms with E-state index in [1.54, 1.807) is 6.92 Å². The van der Waals surface area contributed by atoms with Crippen molar-refractivity contribution in [2.75, 3.05) is 13.2 Å². The summed E-state index contributed by atoms with van der Waals surface area (Å²) in [4.78, 5) is 33.4. The molecule has 1 aliphatic carbocycles. The Morgan fingerprint density at radius 2 is 2.05 bits per heavy atom. The number of carbonyl (C=O) groups is 3. The van der Waals surface area contributed by atoms with Gasteiger partial charge in [-0.05, 0) is 32.1 Å². The number of hydrogen-bond acceptors (Lipinski definition) is 4. The molecule has 7 nitrogen and oxygen atoms in total. The predicted octanol–water partition coefficient (Wildman–Crippen LogP) is 0.882. The second kappa shape index (κ2) is 8.39. The highest BCUT2D eigenvalue weighted by atomic mass is 16.5. The van der Waals surface area contributed by atoms with Gasteiger partial charge < -0.3 is 20.5 Å². The Hall–Kier alpha value is -1.79. The summed E-state index contributed by atoms with van der Waals surface area (Å²) in [7, 11) is 0. The number of carboxylic acid groups (broad SMARTS) is 1. The maximum atomic E-state index is 11.6. The Morgan fingerprint density at radius 1 is 1.35 bits per heavy atom. The lowest BCUT2D eigenvalue weighted by molar-refractivity contribution is -0.143. The van der Waals surface area contributed by atoms with Gasteiger partial charge in [0.25, 0.3) is 0 Å². The zero-order chi connectivity index (χ0) is 15.0. The third-order valence-electron chi connectivity index (χ3n) is 3.05. The number of carbonyl (C=O) groups excluding carboxylic acids is 2. The molecule has 1 saturated carbocycles. The van der Waals surface area contributed by atoms with Crippen LogP contribution in [0, 0.1) is 5.92 Å². The molecule has 2 amide bonds. The highest BCUT2D eigenvalue weighted by Gasteiger charge is 2.33. The van der Waals surface area contributed by atoms with Gasteiger partial charge in [0.2, 0.25) is 0 Å². The first-order valence-corrected chi connectivity index (χ1v) is 6.94. The molecule has 0 aromatic rings. The number of nitrogens with one attached hydrogen (secondary N) is 2. The Labute approximate surface area is 118 Å². The minimum atomic E-state index is -0.912. The van der Waals surface area contributed by atoms with Crippen LogP contribution in [0.15, 0.2) is 0 Å². The number of carboxylic acids is 1.